The largest absolute Gasteiger partial charge is 0.355 e. The first-order valence-corrected chi connectivity index (χ1v) is 11.9. The van der Waals surface area contributed by atoms with Gasteiger partial charge in [-0.25, -0.2) is 0 Å². The highest BCUT2D eigenvalue weighted by Gasteiger charge is 2.37. The lowest BCUT2D eigenvalue weighted by molar-refractivity contribution is 0.662. The minimum absolute atomic E-state index is 0.0538. The van der Waals surface area contributed by atoms with Gasteiger partial charge in [0.1, 0.15) is 0 Å². The maximum absolute atomic E-state index is 3.81. The monoisotopic (exact) mass is 437 g/mol. The van der Waals surface area contributed by atoms with Crippen molar-refractivity contribution in [2.24, 2.45) is 0 Å². The molecular formula is C33H27N. The van der Waals surface area contributed by atoms with Crippen LogP contribution >= 0.6 is 0 Å². The maximum Gasteiger partial charge on any atom is 0.0463 e. The van der Waals surface area contributed by atoms with E-state index in [9.17, 15) is 0 Å². The fraction of sp³-hybridized carbons (Fsp3) is 0.0909. The van der Waals surface area contributed by atoms with Gasteiger partial charge in [-0.15, -0.1) is 0 Å². The predicted octanol–water partition coefficient (Wildman–Crippen LogP) is 9.07. The number of hydrogen-bond donors (Lipinski definition) is 1. The number of rotatable bonds is 4. The third-order valence-electron chi connectivity index (χ3n) is 7.08. The summed E-state index contributed by atoms with van der Waals surface area (Å²) in [4.78, 5) is 0. The Balaban J connectivity index is 1.39. The average molecular weight is 438 g/mol. The summed E-state index contributed by atoms with van der Waals surface area (Å²) in [6.07, 6.45) is 0. The molecule has 1 aliphatic rings. The second-order valence-electron chi connectivity index (χ2n) is 9.51. The molecule has 1 heteroatoms. The number of benzene rings is 5. The van der Waals surface area contributed by atoms with Gasteiger partial charge in [-0.2, -0.15) is 0 Å². The molecule has 0 aromatic heterocycles. The Morgan fingerprint density at radius 3 is 1.79 bits per heavy atom. The first-order valence-electron chi connectivity index (χ1n) is 11.9. The highest BCUT2D eigenvalue weighted by Crippen LogP contribution is 2.52. The van der Waals surface area contributed by atoms with E-state index in [-0.39, 0.29) is 5.41 Å². The molecule has 1 N–H and O–H groups in total. The van der Waals surface area contributed by atoms with Crippen molar-refractivity contribution in [1.29, 1.82) is 0 Å². The van der Waals surface area contributed by atoms with Gasteiger partial charge in [-0.05, 0) is 51.1 Å². The zero-order valence-electron chi connectivity index (χ0n) is 19.5. The lowest BCUT2D eigenvalue weighted by Gasteiger charge is -2.25. The minimum atomic E-state index is -0.0538. The van der Waals surface area contributed by atoms with Crippen LogP contribution < -0.4 is 5.32 Å². The summed E-state index contributed by atoms with van der Waals surface area (Å²) in [6.45, 7) is 4.66. The number of para-hydroxylation sites is 1. The third kappa shape index (κ3) is 3.33. The van der Waals surface area contributed by atoms with Crippen LogP contribution in [0.5, 0.6) is 0 Å². The van der Waals surface area contributed by atoms with Crippen LogP contribution in [0.2, 0.25) is 0 Å². The van der Waals surface area contributed by atoms with E-state index < -0.39 is 0 Å². The molecule has 0 saturated heterocycles. The van der Waals surface area contributed by atoms with Crippen molar-refractivity contribution in [3.8, 4) is 33.4 Å². The summed E-state index contributed by atoms with van der Waals surface area (Å²) in [6, 6.07) is 43.4. The number of anilines is 2. The molecule has 0 atom stereocenters. The van der Waals surface area contributed by atoms with Gasteiger partial charge in [-0.1, -0.05) is 123 Å². The van der Waals surface area contributed by atoms with Crippen molar-refractivity contribution in [2.75, 3.05) is 5.32 Å². The van der Waals surface area contributed by atoms with Crippen LogP contribution in [0.3, 0.4) is 0 Å². The van der Waals surface area contributed by atoms with Gasteiger partial charge < -0.3 is 5.32 Å². The summed E-state index contributed by atoms with van der Waals surface area (Å²) in [5.74, 6) is 0. The Bertz CT molecular complexity index is 1480. The molecule has 0 fully saturated rings. The Morgan fingerprint density at radius 1 is 0.441 bits per heavy atom. The molecule has 0 spiro atoms. The van der Waals surface area contributed by atoms with Crippen LogP contribution in [-0.2, 0) is 5.41 Å². The van der Waals surface area contributed by atoms with E-state index in [4.69, 9.17) is 0 Å². The van der Waals surface area contributed by atoms with Gasteiger partial charge >= 0.3 is 0 Å². The van der Waals surface area contributed by atoms with Crippen molar-refractivity contribution < 1.29 is 0 Å². The topological polar surface area (TPSA) is 12.0 Å². The molecule has 0 amide bonds. The molecule has 0 unspecified atom stereocenters. The molecule has 34 heavy (non-hydrogen) atoms. The van der Waals surface area contributed by atoms with Gasteiger partial charge in [0.15, 0.2) is 0 Å². The number of hydrogen-bond acceptors (Lipinski definition) is 1. The molecule has 0 heterocycles. The van der Waals surface area contributed by atoms with E-state index >= 15 is 0 Å². The van der Waals surface area contributed by atoms with E-state index in [1.165, 1.54) is 50.2 Å². The van der Waals surface area contributed by atoms with Crippen molar-refractivity contribution in [1.82, 2.24) is 0 Å². The minimum Gasteiger partial charge on any atom is -0.355 e. The van der Waals surface area contributed by atoms with Crippen molar-refractivity contribution in [2.45, 2.75) is 19.3 Å². The summed E-state index contributed by atoms with van der Waals surface area (Å²) in [5.41, 5.74) is 12.5. The maximum atomic E-state index is 3.81. The van der Waals surface area contributed by atoms with Crippen LogP contribution in [-0.4, -0.2) is 0 Å². The first kappa shape index (κ1) is 20.5. The lowest BCUT2D eigenvalue weighted by Crippen LogP contribution is -2.16. The van der Waals surface area contributed by atoms with Gasteiger partial charge in [0.25, 0.3) is 0 Å². The summed E-state index contributed by atoms with van der Waals surface area (Å²) < 4.78 is 0. The molecule has 0 saturated carbocycles. The Kier molecular flexibility index (Phi) is 4.85. The van der Waals surface area contributed by atoms with E-state index in [2.05, 4.69) is 140 Å². The van der Waals surface area contributed by atoms with Gasteiger partial charge in [0, 0.05) is 22.4 Å². The van der Waals surface area contributed by atoms with Crippen LogP contribution in [0, 0.1) is 0 Å². The molecule has 0 aliphatic heterocycles. The molecule has 164 valence electrons. The van der Waals surface area contributed by atoms with Gasteiger partial charge in [0.2, 0.25) is 0 Å². The summed E-state index contributed by atoms with van der Waals surface area (Å²) in [5, 5.41) is 3.81. The number of fused-ring (bicyclic) bond motifs is 3. The van der Waals surface area contributed by atoms with Crippen molar-refractivity contribution in [3.05, 3.63) is 132 Å². The van der Waals surface area contributed by atoms with Crippen molar-refractivity contribution in [3.63, 3.8) is 0 Å². The van der Waals surface area contributed by atoms with Gasteiger partial charge in [-0.3, -0.25) is 0 Å². The highest BCUT2D eigenvalue weighted by molar-refractivity contribution is 5.89. The third-order valence-corrected chi connectivity index (χ3v) is 7.08. The smallest absolute Gasteiger partial charge is 0.0463 e. The quantitative estimate of drug-likeness (QED) is 0.296. The van der Waals surface area contributed by atoms with Gasteiger partial charge in [0.05, 0.1) is 0 Å². The van der Waals surface area contributed by atoms with Crippen LogP contribution in [0.25, 0.3) is 33.4 Å². The summed E-state index contributed by atoms with van der Waals surface area (Å²) >= 11 is 0. The molecule has 1 nitrogen and oxygen atoms in total. The second-order valence-corrected chi connectivity index (χ2v) is 9.51. The van der Waals surface area contributed by atoms with E-state index in [0.717, 1.165) is 5.69 Å². The second kappa shape index (κ2) is 8.04. The standard InChI is InChI=1S/C33H27N/c1-33(2)29-16-8-6-14-27(29)28-15-10-18-31(32(28)33)34-30-17-9-7-13-26(30)25-21-19-24(20-22-25)23-11-4-3-5-12-23/h3-22,34H,1-2H3. The molecule has 5 aromatic carbocycles. The van der Waals surface area contributed by atoms with E-state index in [1.54, 1.807) is 0 Å². The first-order chi connectivity index (χ1) is 16.6. The normalized spacial score (nSPS) is 13.2. The zero-order valence-corrected chi connectivity index (χ0v) is 19.5. The Labute approximate surface area is 201 Å². The molecule has 0 radical (unpaired) electrons. The molecular weight excluding hydrogens is 410 g/mol. The van der Waals surface area contributed by atoms with E-state index in [1.807, 2.05) is 0 Å². The molecule has 0 bridgehead atoms. The predicted molar refractivity (Wildman–Crippen MR) is 145 cm³/mol. The molecule has 6 rings (SSSR count). The zero-order chi connectivity index (χ0) is 23.1. The fourth-order valence-corrected chi connectivity index (χ4v) is 5.41. The van der Waals surface area contributed by atoms with E-state index in [0.29, 0.717) is 0 Å². The van der Waals surface area contributed by atoms with Crippen LogP contribution in [0.15, 0.2) is 121 Å². The SMILES string of the molecule is CC1(C)c2ccccc2-c2cccc(Nc3ccccc3-c3ccc(-c4ccccc4)cc3)c21. The fourth-order valence-electron chi connectivity index (χ4n) is 5.41. The summed E-state index contributed by atoms with van der Waals surface area (Å²) in [7, 11) is 0. The highest BCUT2D eigenvalue weighted by atomic mass is 14.9. The lowest BCUT2D eigenvalue weighted by atomic mass is 9.81. The molecule has 5 aromatic rings. The van der Waals surface area contributed by atoms with Crippen LogP contribution in [0.1, 0.15) is 25.0 Å². The number of nitrogens with one attached hydrogen (secondary N) is 1. The Morgan fingerprint density at radius 2 is 1.00 bits per heavy atom. The molecule has 1 aliphatic carbocycles. The Hall–Kier alpha value is -4.10. The van der Waals surface area contributed by atoms with Crippen LogP contribution in [0.4, 0.5) is 11.4 Å². The average Bonchev–Trinajstić information content (AvgIpc) is 3.13. The van der Waals surface area contributed by atoms with Crippen molar-refractivity contribution >= 4 is 11.4 Å².